The molecule has 0 saturated carbocycles. The molecule has 1 N–H and O–H groups in total. The Hall–Kier alpha value is -3.10. The molecule has 0 aliphatic carbocycles. The van der Waals surface area contributed by atoms with Crippen molar-refractivity contribution in [2.45, 2.75) is 19.1 Å². The minimum atomic E-state index is -4.51. The molecule has 0 bridgehead atoms. The number of amides is 1. The first-order valence-electron chi connectivity index (χ1n) is 7.88. The Morgan fingerprint density at radius 1 is 1.12 bits per heavy atom. The summed E-state index contributed by atoms with van der Waals surface area (Å²) in [6.07, 6.45) is 0.772. The first kappa shape index (κ1) is 17.7. The lowest BCUT2D eigenvalue weighted by atomic mass is 10.1. The van der Waals surface area contributed by atoms with Crippen molar-refractivity contribution in [1.29, 1.82) is 0 Å². The molecule has 2 aromatic heterocycles. The topological polar surface area (TPSA) is 64.7 Å². The molecule has 9 heteroatoms. The fourth-order valence-electron chi connectivity index (χ4n) is 2.39. The van der Waals surface area contributed by atoms with Crippen LogP contribution in [0.1, 0.15) is 11.3 Å². The van der Waals surface area contributed by atoms with E-state index in [1.54, 1.807) is 10.9 Å². The summed E-state index contributed by atoms with van der Waals surface area (Å²) in [5.41, 5.74) is 0.948. The summed E-state index contributed by atoms with van der Waals surface area (Å²) >= 11 is 0. The van der Waals surface area contributed by atoms with Crippen LogP contribution in [0.2, 0.25) is 0 Å². The van der Waals surface area contributed by atoms with Gasteiger partial charge in [0, 0.05) is 25.1 Å². The van der Waals surface area contributed by atoms with Gasteiger partial charge in [0.05, 0.1) is 5.69 Å². The Labute approximate surface area is 147 Å². The van der Waals surface area contributed by atoms with Crippen molar-refractivity contribution in [2.75, 3.05) is 6.54 Å². The van der Waals surface area contributed by atoms with E-state index >= 15 is 0 Å². The normalized spacial score (nSPS) is 11.5. The number of carbonyl (C=O) groups excluding carboxylic acids is 1. The van der Waals surface area contributed by atoms with Crippen LogP contribution in [0.3, 0.4) is 0 Å². The van der Waals surface area contributed by atoms with Crippen molar-refractivity contribution >= 4 is 5.91 Å². The summed E-state index contributed by atoms with van der Waals surface area (Å²) in [6.45, 7) is 0.127. The van der Waals surface area contributed by atoms with Gasteiger partial charge in [-0.25, -0.2) is 4.68 Å². The largest absolute Gasteiger partial charge is 0.435 e. The number of carbonyl (C=O) groups is 1. The summed E-state index contributed by atoms with van der Waals surface area (Å²) in [5, 5.41) is 10.2. The SMILES string of the molecule is O=C(Cn1ccc(C(F)(F)F)n1)NCCc1ccc(-n2cccn2)cc1. The third-order valence-electron chi connectivity index (χ3n) is 3.68. The predicted octanol–water partition coefficient (Wildman–Crippen LogP) is 2.45. The minimum absolute atomic E-state index is 0.256. The Balaban J connectivity index is 1.46. The second kappa shape index (κ2) is 7.42. The predicted molar refractivity (Wildman–Crippen MR) is 87.5 cm³/mol. The molecular weight excluding hydrogens is 347 g/mol. The number of hydrogen-bond acceptors (Lipinski definition) is 3. The third kappa shape index (κ3) is 4.50. The van der Waals surface area contributed by atoms with Crippen molar-refractivity contribution in [3.8, 4) is 5.69 Å². The number of benzene rings is 1. The van der Waals surface area contributed by atoms with Crippen molar-refractivity contribution in [2.24, 2.45) is 0 Å². The van der Waals surface area contributed by atoms with Gasteiger partial charge >= 0.3 is 6.18 Å². The monoisotopic (exact) mass is 363 g/mol. The van der Waals surface area contributed by atoms with Crippen LogP contribution >= 0.6 is 0 Å². The van der Waals surface area contributed by atoms with Gasteiger partial charge in [0.15, 0.2) is 5.69 Å². The zero-order chi connectivity index (χ0) is 18.6. The average molecular weight is 363 g/mol. The number of rotatable bonds is 6. The number of nitrogens with zero attached hydrogens (tertiary/aromatic N) is 4. The molecule has 0 fully saturated rings. The minimum Gasteiger partial charge on any atom is -0.354 e. The standard InChI is InChI=1S/C17H16F3N5O/c18-17(19,20)15-7-11-24(23-15)12-16(26)21-9-6-13-2-4-14(5-3-13)25-10-1-8-22-25/h1-5,7-8,10-11H,6,9,12H2,(H,21,26). The average Bonchev–Trinajstić information content (AvgIpc) is 3.26. The molecule has 2 heterocycles. The van der Waals surface area contributed by atoms with Gasteiger partial charge in [0.2, 0.25) is 5.91 Å². The van der Waals surface area contributed by atoms with Crippen LogP contribution in [0.5, 0.6) is 0 Å². The summed E-state index contributed by atoms with van der Waals surface area (Å²) in [5.74, 6) is -0.394. The highest BCUT2D eigenvalue weighted by molar-refractivity contribution is 5.75. The molecule has 136 valence electrons. The number of alkyl halides is 3. The van der Waals surface area contributed by atoms with Gasteiger partial charge < -0.3 is 5.32 Å². The smallest absolute Gasteiger partial charge is 0.354 e. The highest BCUT2D eigenvalue weighted by Gasteiger charge is 2.33. The van der Waals surface area contributed by atoms with E-state index in [1.807, 2.05) is 36.5 Å². The number of halogens is 3. The van der Waals surface area contributed by atoms with E-state index < -0.39 is 17.8 Å². The van der Waals surface area contributed by atoms with Crippen LogP contribution in [0.4, 0.5) is 13.2 Å². The lowest BCUT2D eigenvalue weighted by Crippen LogP contribution is -2.29. The highest BCUT2D eigenvalue weighted by Crippen LogP contribution is 2.27. The Morgan fingerprint density at radius 2 is 1.88 bits per heavy atom. The second-order valence-electron chi connectivity index (χ2n) is 5.61. The Morgan fingerprint density at radius 3 is 2.50 bits per heavy atom. The molecule has 1 aromatic carbocycles. The zero-order valence-electron chi connectivity index (χ0n) is 13.6. The molecule has 3 aromatic rings. The lowest BCUT2D eigenvalue weighted by Gasteiger charge is -2.07. The summed E-state index contributed by atoms with van der Waals surface area (Å²) in [6, 6.07) is 10.4. The van der Waals surface area contributed by atoms with Gasteiger partial charge in [-0.15, -0.1) is 0 Å². The van der Waals surface area contributed by atoms with Crippen LogP contribution in [-0.4, -0.2) is 32.0 Å². The molecule has 0 radical (unpaired) electrons. The van der Waals surface area contributed by atoms with Crippen LogP contribution < -0.4 is 5.32 Å². The Bertz CT molecular complexity index is 853. The van der Waals surface area contributed by atoms with E-state index in [4.69, 9.17) is 0 Å². The van der Waals surface area contributed by atoms with Gasteiger partial charge in [-0.05, 0) is 36.2 Å². The first-order chi connectivity index (χ1) is 12.4. The van der Waals surface area contributed by atoms with Crippen molar-refractivity contribution in [3.05, 3.63) is 66.2 Å². The van der Waals surface area contributed by atoms with Crippen molar-refractivity contribution in [1.82, 2.24) is 24.9 Å². The number of aromatic nitrogens is 4. The fraction of sp³-hybridized carbons (Fsp3) is 0.235. The fourth-order valence-corrected chi connectivity index (χ4v) is 2.39. The van der Waals surface area contributed by atoms with Crippen LogP contribution in [0, 0.1) is 0 Å². The summed E-state index contributed by atoms with van der Waals surface area (Å²) in [4.78, 5) is 11.8. The molecule has 3 rings (SSSR count). The van der Waals surface area contributed by atoms with Crippen LogP contribution in [0.25, 0.3) is 5.69 Å². The van der Waals surface area contributed by atoms with Crippen molar-refractivity contribution < 1.29 is 18.0 Å². The highest BCUT2D eigenvalue weighted by atomic mass is 19.4. The van der Waals surface area contributed by atoms with Gasteiger partial charge in [-0.3, -0.25) is 9.48 Å². The van der Waals surface area contributed by atoms with Gasteiger partial charge in [0.25, 0.3) is 0 Å². The maximum atomic E-state index is 12.5. The molecule has 0 atom stereocenters. The van der Waals surface area contributed by atoms with E-state index in [0.717, 1.165) is 28.2 Å². The molecule has 0 unspecified atom stereocenters. The van der Waals surface area contributed by atoms with Crippen LogP contribution in [-0.2, 0) is 23.9 Å². The summed E-state index contributed by atoms with van der Waals surface area (Å²) in [7, 11) is 0. The van der Waals surface area contributed by atoms with Crippen LogP contribution in [0.15, 0.2) is 55.0 Å². The molecule has 0 spiro atoms. The summed E-state index contributed by atoms with van der Waals surface area (Å²) < 4.78 is 40.1. The molecule has 26 heavy (non-hydrogen) atoms. The quantitative estimate of drug-likeness (QED) is 0.732. The van der Waals surface area contributed by atoms with Gasteiger partial charge in [-0.2, -0.15) is 23.4 Å². The van der Waals surface area contributed by atoms with E-state index in [0.29, 0.717) is 13.0 Å². The van der Waals surface area contributed by atoms with Crippen molar-refractivity contribution in [3.63, 3.8) is 0 Å². The lowest BCUT2D eigenvalue weighted by molar-refractivity contribution is -0.141. The van der Waals surface area contributed by atoms with E-state index in [2.05, 4.69) is 15.5 Å². The van der Waals surface area contributed by atoms with Gasteiger partial charge in [-0.1, -0.05) is 12.1 Å². The number of hydrogen-bond donors (Lipinski definition) is 1. The van der Waals surface area contributed by atoms with Gasteiger partial charge in [0.1, 0.15) is 6.54 Å². The molecule has 1 amide bonds. The second-order valence-corrected chi connectivity index (χ2v) is 5.61. The first-order valence-corrected chi connectivity index (χ1v) is 7.88. The number of nitrogens with one attached hydrogen (secondary N) is 1. The third-order valence-corrected chi connectivity index (χ3v) is 3.68. The molecule has 6 nitrogen and oxygen atoms in total. The Kier molecular flexibility index (Phi) is 5.06. The molecule has 0 saturated heterocycles. The van der Waals surface area contributed by atoms with E-state index in [1.165, 1.54) is 0 Å². The maximum absolute atomic E-state index is 12.5. The molecule has 0 aliphatic heterocycles. The molecule has 0 aliphatic rings. The molecular formula is C17H16F3N5O. The maximum Gasteiger partial charge on any atom is 0.435 e. The van der Waals surface area contributed by atoms with E-state index in [-0.39, 0.29) is 6.54 Å². The van der Waals surface area contributed by atoms with E-state index in [9.17, 15) is 18.0 Å². The zero-order valence-corrected chi connectivity index (χ0v) is 13.6.